The van der Waals surface area contributed by atoms with Gasteiger partial charge in [-0.1, -0.05) is 17.7 Å². The summed E-state index contributed by atoms with van der Waals surface area (Å²) >= 11 is 0. The van der Waals surface area contributed by atoms with Crippen LogP contribution in [-0.4, -0.2) is 44.3 Å². The highest BCUT2D eigenvalue weighted by atomic mass is 16.5. The van der Waals surface area contributed by atoms with Crippen LogP contribution < -0.4 is 15.5 Å². The van der Waals surface area contributed by atoms with Crippen LogP contribution in [0.1, 0.15) is 40.7 Å². The van der Waals surface area contributed by atoms with Gasteiger partial charge in [0.1, 0.15) is 0 Å². The lowest BCUT2D eigenvalue weighted by Crippen LogP contribution is -2.46. The molecule has 0 spiro atoms. The zero-order valence-corrected chi connectivity index (χ0v) is 17.4. The van der Waals surface area contributed by atoms with Gasteiger partial charge in [-0.05, 0) is 69.0 Å². The van der Waals surface area contributed by atoms with E-state index < -0.39 is 0 Å². The van der Waals surface area contributed by atoms with E-state index in [9.17, 15) is 4.79 Å². The zero-order chi connectivity index (χ0) is 20.2. The third-order valence-electron chi connectivity index (χ3n) is 6.01. The number of carbonyl (C=O) groups is 1. The average molecular weight is 394 g/mol. The predicted molar refractivity (Wildman–Crippen MR) is 118 cm³/mol. The van der Waals surface area contributed by atoms with Crippen molar-refractivity contribution >= 4 is 17.3 Å². The third kappa shape index (κ3) is 4.98. The second-order valence-corrected chi connectivity index (χ2v) is 8.31. The van der Waals surface area contributed by atoms with Crippen LogP contribution >= 0.6 is 0 Å². The first kappa shape index (κ1) is 19.9. The Balaban J connectivity index is 1.30. The molecule has 1 unspecified atom stereocenters. The van der Waals surface area contributed by atoms with Crippen molar-refractivity contribution in [2.75, 3.05) is 36.5 Å². The summed E-state index contributed by atoms with van der Waals surface area (Å²) in [6.45, 7) is 7.87. The number of nitrogens with zero attached hydrogens (tertiary/aromatic N) is 1. The van der Waals surface area contributed by atoms with Crippen LogP contribution in [0.3, 0.4) is 0 Å². The van der Waals surface area contributed by atoms with Crippen molar-refractivity contribution in [1.82, 2.24) is 5.32 Å². The minimum atomic E-state index is -0.0574. The van der Waals surface area contributed by atoms with Crippen LogP contribution in [0.4, 0.5) is 11.4 Å². The zero-order valence-electron chi connectivity index (χ0n) is 17.4. The topological polar surface area (TPSA) is 53.6 Å². The molecule has 1 amide bonds. The quantitative estimate of drug-likeness (QED) is 0.809. The summed E-state index contributed by atoms with van der Waals surface area (Å²) in [4.78, 5) is 15.0. The molecule has 5 heteroatoms. The van der Waals surface area contributed by atoms with Gasteiger partial charge in [0.05, 0.1) is 6.61 Å². The normalized spacial score (nSPS) is 20.1. The van der Waals surface area contributed by atoms with E-state index in [1.54, 1.807) is 0 Å². The molecule has 1 atom stereocenters. The molecule has 0 radical (unpaired) electrons. The van der Waals surface area contributed by atoms with E-state index in [-0.39, 0.29) is 5.91 Å². The molecule has 4 rings (SSSR count). The number of rotatable bonds is 5. The van der Waals surface area contributed by atoms with Gasteiger partial charge in [-0.15, -0.1) is 0 Å². The molecule has 0 bridgehead atoms. The summed E-state index contributed by atoms with van der Waals surface area (Å²) in [5.74, 6) is -0.0574. The molecule has 2 fully saturated rings. The predicted octanol–water partition coefficient (Wildman–Crippen LogP) is 3.90. The molecule has 5 nitrogen and oxygen atoms in total. The second kappa shape index (κ2) is 8.97. The molecular formula is C24H31N3O2. The summed E-state index contributed by atoms with van der Waals surface area (Å²) < 4.78 is 5.46. The fourth-order valence-corrected chi connectivity index (χ4v) is 4.33. The Labute approximate surface area is 173 Å². The largest absolute Gasteiger partial charge is 0.380 e. The number of anilines is 2. The fraction of sp³-hybridized carbons (Fsp3) is 0.458. The maximum atomic E-state index is 12.6. The number of benzene rings is 2. The van der Waals surface area contributed by atoms with Crippen molar-refractivity contribution in [3.05, 3.63) is 59.2 Å². The molecule has 2 saturated heterocycles. The number of hydrogen-bond acceptors (Lipinski definition) is 4. The van der Waals surface area contributed by atoms with Gasteiger partial charge in [-0.25, -0.2) is 0 Å². The van der Waals surface area contributed by atoms with Gasteiger partial charge < -0.3 is 20.3 Å². The van der Waals surface area contributed by atoms with Crippen LogP contribution in [0.2, 0.25) is 0 Å². The van der Waals surface area contributed by atoms with Gasteiger partial charge in [0, 0.05) is 48.7 Å². The second-order valence-electron chi connectivity index (χ2n) is 8.31. The molecule has 2 N–H and O–H groups in total. The van der Waals surface area contributed by atoms with E-state index in [0.717, 1.165) is 62.4 Å². The van der Waals surface area contributed by atoms with Crippen LogP contribution in [0.25, 0.3) is 0 Å². The lowest BCUT2D eigenvalue weighted by molar-refractivity contribution is 0.102. The van der Waals surface area contributed by atoms with Gasteiger partial charge in [-0.2, -0.15) is 0 Å². The van der Waals surface area contributed by atoms with Crippen LogP contribution in [0.15, 0.2) is 42.5 Å². The molecule has 2 aromatic carbocycles. The molecule has 29 heavy (non-hydrogen) atoms. The Morgan fingerprint density at radius 3 is 2.41 bits per heavy atom. The number of hydrogen-bond donors (Lipinski definition) is 2. The van der Waals surface area contributed by atoms with Crippen molar-refractivity contribution in [2.45, 2.75) is 45.2 Å². The maximum absolute atomic E-state index is 12.6. The third-order valence-corrected chi connectivity index (χ3v) is 6.01. The minimum Gasteiger partial charge on any atom is -0.380 e. The highest BCUT2D eigenvalue weighted by Crippen LogP contribution is 2.23. The molecule has 2 aliphatic heterocycles. The first-order valence-electron chi connectivity index (χ1n) is 10.7. The molecule has 0 aromatic heterocycles. The van der Waals surface area contributed by atoms with Crippen LogP contribution in [0, 0.1) is 13.8 Å². The van der Waals surface area contributed by atoms with Crippen LogP contribution in [-0.2, 0) is 4.74 Å². The molecule has 0 saturated carbocycles. The monoisotopic (exact) mass is 393 g/mol. The van der Waals surface area contributed by atoms with E-state index >= 15 is 0 Å². The van der Waals surface area contributed by atoms with Crippen molar-refractivity contribution in [3.8, 4) is 0 Å². The van der Waals surface area contributed by atoms with E-state index in [0.29, 0.717) is 12.1 Å². The highest BCUT2D eigenvalue weighted by Gasteiger charge is 2.24. The van der Waals surface area contributed by atoms with Gasteiger partial charge in [0.25, 0.3) is 5.91 Å². The maximum Gasteiger partial charge on any atom is 0.255 e. The van der Waals surface area contributed by atoms with E-state index in [2.05, 4.69) is 27.7 Å². The smallest absolute Gasteiger partial charge is 0.255 e. The summed E-state index contributed by atoms with van der Waals surface area (Å²) in [6.07, 6.45) is 3.44. The number of nitrogens with one attached hydrogen (secondary N) is 2. The highest BCUT2D eigenvalue weighted by molar-refractivity contribution is 6.05. The average Bonchev–Trinajstić information content (AvgIpc) is 3.22. The Morgan fingerprint density at radius 1 is 1.00 bits per heavy atom. The fourth-order valence-electron chi connectivity index (χ4n) is 4.33. The van der Waals surface area contributed by atoms with E-state index in [4.69, 9.17) is 4.74 Å². The summed E-state index contributed by atoms with van der Waals surface area (Å²) in [5.41, 5.74) is 4.94. The van der Waals surface area contributed by atoms with Crippen molar-refractivity contribution in [2.24, 2.45) is 0 Å². The summed E-state index contributed by atoms with van der Waals surface area (Å²) in [6, 6.07) is 15.2. The lowest BCUT2D eigenvalue weighted by atomic mass is 10.0. The number of amides is 1. The molecule has 0 aliphatic carbocycles. The Bertz CT molecular complexity index is 836. The van der Waals surface area contributed by atoms with Gasteiger partial charge in [0.15, 0.2) is 0 Å². The first-order valence-corrected chi connectivity index (χ1v) is 10.7. The number of carbonyl (C=O) groups excluding carboxylic acids is 1. The molecule has 2 aliphatic rings. The number of aryl methyl sites for hydroxylation is 2. The van der Waals surface area contributed by atoms with E-state index in [1.165, 1.54) is 11.3 Å². The minimum absolute atomic E-state index is 0.0574. The van der Waals surface area contributed by atoms with Gasteiger partial charge in [0.2, 0.25) is 0 Å². The molecular weight excluding hydrogens is 362 g/mol. The summed E-state index contributed by atoms with van der Waals surface area (Å²) in [5, 5.41) is 6.76. The summed E-state index contributed by atoms with van der Waals surface area (Å²) in [7, 11) is 0. The Hall–Kier alpha value is -2.37. The molecule has 2 heterocycles. The van der Waals surface area contributed by atoms with Gasteiger partial charge in [-0.3, -0.25) is 4.79 Å². The number of ether oxygens (including phenoxy) is 1. The van der Waals surface area contributed by atoms with Crippen LogP contribution in [0.5, 0.6) is 0 Å². The first-order chi connectivity index (χ1) is 14.1. The van der Waals surface area contributed by atoms with Gasteiger partial charge >= 0.3 is 0 Å². The molecule has 2 aromatic rings. The van der Waals surface area contributed by atoms with Crippen molar-refractivity contribution in [3.63, 3.8) is 0 Å². The Kier molecular flexibility index (Phi) is 6.16. The van der Waals surface area contributed by atoms with Crippen molar-refractivity contribution < 1.29 is 9.53 Å². The molecule has 154 valence electrons. The SMILES string of the molecule is Cc1ccc(C(=O)Nc2ccc(N3CCC(NC4CCOC4)CC3)cc2)c(C)c1. The van der Waals surface area contributed by atoms with Crippen molar-refractivity contribution in [1.29, 1.82) is 0 Å². The number of piperidine rings is 1. The lowest BCUT2D eigenvalue weighted by Gasteiger charge is -2.35. The standard InChI is InChI=1S/C24H31N3O2/c1-17-3-8-23(18(2)15-17)24(28)26-19-4-6-22(7-5-19)27-12-9-20(10-13-27)25-21-11-14-29-16-21/h3-8,15,20-21,25H,9-14,16H2,1-2H3,(H,26,28). The van der Waals surface area contributed by atoms with E-state index in [1.807, 2.05) is 44.2 Å². The Morgan fingerprint density at radius 2 is 1.76 bits per heavy atom.